The van der Waals surface area contributed by atoms with Gasteiger partial charge in [0.1, 0.15) is 11.5 Å². The number of furan rings is 1. The van der Waals surface area contributed by atoms with Crippen molar-refractivity contribution in [3.8, 4) is 11.5 Å². The van der Waals surface area contributed by atoms with Gasteiger partial charge in [0.25, 0.3) is 5.91 Å². The maximum Gasteiger partial charge on any atom is 0.291 e. The van der Waals surface area contributed by atoms with Crippen molar-refractivity contribution in [3.63, 3.8) is 0 Å². The van der Waals surface area contributed by atoms with Gasteiger partial charge < -0.3 is 14.5 Å². The largest absolute Gasteiger partial charge is 0.457 e. The molecule has 0 aliphatic heterocycles. The fourth-order valence-corrected chi connectivity index (χ4v) is 2.46. The minimum atomic E-state index is -0.302. The first-order valence-corrected chi connectivity index (χ1v) is 8.22. The molecule has 0 unspecified atom stereocenters. The van der Waals surface area contributed by atoms with Crippen molar-refractivity contribution in [2.45, 2.75) is 13.8 Å². The third-order valence-electron chi connectivity index (χ3n) is 3.62. The quantitative estimate of drug-likeness (QED) is 0.626. The highest BCUT2D eigenvalue weighted by molar-refractivity contribution is 9.10. The van der Waals surface area contributed by atoms with Crippen LogP contribution in [0.1, 0.15) is 21.7 Å². The number of hydrogen-bond acceptors (Lipinski definition) is 3. The summed E-state index contributed by atoms with van der Waals surface area (Å²) >= 11 is 3.17. The number of halogens is 1. The second-order valence-corrected chi connectivity index (χ2v) is 6.21. The Morgan fingerprint density at radius 2 is 1.67 bits per heavy atom. The van der Waals surface area contributed by atoms with Crippen molar-refractivity contribution in [1.82, 2.24) is 0 Å². The predicted octanol–water partition coefficient (Wildman–Crippen LogP) is 5.70. The van der Waals surface area contributed by atoms with E-state index in [4.69, 9.17) is 9.15 Å². The Morgan fingerprint density at radius 1 is 0.958 bits per heavy atom. The zero-order valence-corrected chi connectivity index (χ0v) is 14.9. The zero-order chi connectivity index (χ0) is 17.1. The van der Waals surface area contributed by atoms with Gasteiger partial charge in [0.2, 0.25) is 0 Å². The van der Waals surface area contributed by atoms with E-state index in [1.165, 1.54) is 11.1 Å². The molecule has 1 aromatic heterocycles. The monoisotopic (exact) mass is 385 g/mol. The zero-order valence-electron chi connectivity index (χ0n) is 13.3. The smallest absolute Gasteiger partial charge is 0.291 e. The molecule has 0 atom stereocenters. The van der Waals surface area contributed by atoms with Gasteiger partial charge in [-0.05, 0) is 89.4 Å². The SMILES string of the molecule is Cc1ccc(Oc2ccc(NC(=O)c3ccc(Br)o3)cc2)cc1C. The number of aryl methyl sites for hydroxylation is 2. The minimum absolute atomic E-state index is 0.248. The van der Waals surface area contributed by atoms with Gasteiger partial charge in [-0.25, -0.2) is 0 Å². The molecule has 3 rings (SSSR count). The van der Waals surface area contributed by atoms with E-state index in [0.29, 0.717) is 16.1 Å². The Hall–Kier alpha value is -2.53. The molecule has 1 N–H and O–H groups in total. The van der Waals surface area contributed by atoms with Crippen molar-refractivity contribution in [2.75, 3.05) is 5.32 Å². The van der Waals surface area contributed by atoms with E-state index >= 15 is 0 Å². The van der Waals surface area contributed by atoms with Crippen LogP contribution >= 0.6 is 15.9 Å². The molecule has 1 amide bonds. The summed E-state index contributed by atoms with van der Waals surface area (Å²) in [6.45, 7) is 4.11. The summed E-state index contributed by atoms with van der Waals surface area (Å²) in [6, 6.07) is 16.4. The molecule has 0 spiro atoms. The summed E-state index contributed by atoms with van der Waals surface area (Å²) in [5, 5.41) is 2.77. The van der Waals surface area contributed by atoms with Crippen LogP contribution in [0.15, 0.2) is 63.7 Å². The number of hydrogen-bond donors (Lipinski definition) is 1. The van der Waals surface area contributed by atoms with E-state index in [0.717, 1.165) is 5.75 Å². The maximum absolute atomic E-state index is 12.0. The van der Waals surface area contributed by atoms with E-state index in [-0.39, 0.29) is 11.7 Å². The van der Waals surface area contributed by atoms with Crippen molar-refractivity contribution in [1.29, 1.82) is 0 Å². The van der Waals surface area contributed by atoms with Crippen LogP contribution in [0.2, 0.25) is 0 Å². The number of ether oxygens (including phenoxy) is 1. The van der Waals surface area contributed by atoms with E-state index < -0.39 is 0 Å². The number of amides is 1. The number of carbonyl (C=O) groups is 1. The van der Waals surface area contributed by atoms with Crippen molar-refractivity contribution in [3.05, 3.63) is 76.2 Å². The van der Waals surface area contributed by atoms with Crippen LogP contribution < -0.4 is 10.1 Å². The average Bonchev–Trinajstić information content (AvgIpc) is 2.99. The summed E-state index contributed by atoms with van der Waals surface area (Å²) in [5.74, 6) is 1.44. The highest BCUT2D eigenvalue weighted by Crippen LogP contribution is 2.25. The second kappa shape index (κ2) is 6.93. The standard InChI is InChI=1S/C19H16BrNO3/c1-12-3-6-16(11-13(12)2)23-15-7-4-14(5-8-15)21-19(22)17-9-10-18(20)24-17/h3-11H,1-2H3,(H,21,22). The highest BCUT2D eigenvalue weighted by atomic mass is 79.9. The number of nitrogens with one attached hydrogen (secondary N) is 1. The molecule has 122 valence electrons. The summed E-state index contributed by atoms with van der Waals surface area (Å²) < 4.78 is 11.6. The molecule has 0 bridgehead atoms. The molecule has 2 aromatic carbocycles. The molecular weight excluding hydrogens is 370 g/mol. The van der Waals surface area contributed by atoms with Gasteiger partial charge in [0.15, 0.2) is 10.4 Å². The maximum atomic E-state index is 12.0. The number of carbonyl (C=O) groups excluding carboxylic acids is 1. The minimum Gasteiger partial charge on any atom is -0.457 e. The van der Waals surface area contributed by atoms with Crippen LogP contribution in [-0.4, -0.2) is 5.91 Å². The van der Waals surface area contributed by atoms with E-state index in [9.17, 15) is 4.79 Å². The highest BCUT2D eigenvalue weighted by Gasteiger charge is 2.10. The van der Waals surface area contributed by atoms with Gasteiger partial charge in [-0.1, -0.05) is 6.07 Å². The van der Waals surface area contributed by atoms with Crippen LogP contribution in [0, 0.1) is 13.8 Å². The number of rotatable bonds is 4. The molecule has 0 radical (unpaired) electrons. The molecule has 24 heavy (non-hydrogen) atoms. The Bertz CT molecular complexity index is 869. The average molecular weight is 386 g/mol. The van der Waals surface area contributed by atoms with Crippen molar-refractivity contribution in [2.24, 2.45) is 0 Å². The molecular formula is C19H16BrNO3. The Balaban J connectivity index is 1.66. The lowest BCUT2D eigenvalue weighted by atomic mass is 10.1. The molecule has 0 aliphatic rings. The van der Waals surface area contributed by atoms with Crippen LogP contribution in [0.25, 0.3) is 0 Å². The van der Waals surface area contributed by atoms with Crippen molar-refractivity contribution >= 4 is 27.5 Å². The molecule has 5 heteroatoms. The topological polar surface area (TPSA) is 51.5 Å². The number of benzene rings is 2. The third kappa shape index (κ3) is 3.86. The van der Waals surface area contributed by atoms with Gasteiger partial charge in [0.05, 0.1) is 0 Å². The first-order chi connectivity index (χ1) is 11.5. The first kappa shape index (κ1) is 16.3. The predicted molar refractivity (Wildman–Crippen MR) is 96.8 cm³/mol. The lowest BCUT2D eigenvalue weighted by Crippen LogP contribution is -2.10. The van der Waals surface area contributed by atoms with Gasteiger partial charge in [-0.3, -0.25) is 4.79 Å². The normalized spacial score (nSPS) is 10.5. The molecule has 0 fully saturated rings. The number of anilines is 1. The molecule has 4 nitrogen and oxygen atoms in total. The molecule has 0 aliphatic carbocycles. The van der Waals surface area contributed by atoms with Crippen LogP contribution in [0.4, 0.5) is 5.69 Å². The Labute approximate surface area is 148 Å². The van der Waals surface area contributed by atoms with Crippen LogP contribution in [0.5, 0.6) is 11.5 Å². The lowest BCUT2D eigenvalue weighted by molar-refractivity contribution is 0.0995. The summed E-state index contributed by atoms with van der Waals surface area (Å²) in [6.07, 6.45) is 0. The summed E-state index contributed by atoms with van der Waals surface area (Å²) in [5.41, 5.74) is 3.07. The Morgan fingerprint density at radius 3 is 2.29 bits per heavy atom. The second-order valence-electron chi connectivity index (χ2n) is 5.43. The Kier molecular flexibility index (Phi) is 4.71. The molecule has 1 heterocycles. The fraction of sp³-hybridized carbons (Fsp3) is 0.105. The summed E-state index contributed by atoms with van der Waals surface area (Å²) in [4.78, 5) is 12.0. The van der Waals surface area contributed by atoms with Gasteiger partial charge >= 0.3 is 0 Å². The van der Waals surface area contributed by atoms with Crippen LogP contribution in [-0.2, 0) is 0 Å². The molecule has 3 aromatic rings. The third-order valence-corrected chi connectivity index (χ3v) is 4.05. The summed E-state index contributed by atoms with van der Waals surface area (Å²) in [7, 11) is 0. The molecule has 0 saturated carbocycles. The van der Waals surface area contributed by atoms with Gasteiger partial charge in [-0.15, -0.1) is 0 Å². The van der Waals surface area contributed by atoms with Crippen molar-refractivity contribution < 1.29 is 13.9 Å². The van der Waals surface area contributed by atoms with E-state index in [1.54, 1.807) is 24.3 Å². The van der Waals surface area contributed by atoms with Gasteiger partial charge in [0, 0.05) is 5.69 Å². The van der Waals surface area contributed by atoms with E-state index in [2.05, 4.69) is 28.2 Å². The molecule has 0 saturated heterocycles. The first-order valence-electron chi connectivity index (χ1n) is 7.43. The van der Waals surface area contributed by atoms with E-state index in [1.807, 2.05) is 37.3 Å². The van der Waals surface area contributed by atoms with Crippen LogP contribution in [0.3, 0.4) is 0 Å². The lowest BCUT2D eigenvalue weighted by Gasteiger charge is -2.09. The van der Waals surface area contributed by atoms with Gasteiger partial charge in [-0.2, -0.15) is 0 Å². The fourth-order valence-electron chi connectivity index (χ4n) is 2.15.